The van der Waals surface area contributed by atoms with Crippen molar-refractivity contribution in [3.8, 4) is 11.5 Å². The Balaban J connectivity index is 2.02. The van der Waals surface area contributed by atoms with Crippen molar-refractivity contribution in [3.63, 3.8) is 0 Å². The Morgan fingerprint density at radius 2 is 1.67 bits per heavy atom. The van der Waals surface area contributed by atoms with Gasteiger partial charge in [0.25, 0.3) is 5.91 Å². The molecule has 0 aromatic heterocycles. The second-order valence-corrected chi connectivity index (χ2v) is 5.70. The predicted molar refractivity (Wildman–Crippen MR) is 96.3 cm³/mol. The van der Waals surface area contributed by atoms with Crippen LogP contribution in [0.2, 0.25) is 0 Å². The van der Waals surface area contributed by atoms with Gasteiger partial charge in [-0.05, 0) is 50.1 Å². The minimum absolute atomic E-state index is 0.199. The zero-order valence-corrected chi connectivity index (χ0v) is 15.2. The van der Waals surface area contributed by atoms with Crippen LogP contribution in [-0.4, -0.2) is 25.7 Å². The molecule has 0 spiro atoms. The van der Waals surface area contributed by atoms with Crippen LogP contribution in [-0.2, 0) is 12.6 Å². The van der Waals surface area contributed by atoms with Crippen LogP contribution in [0.25, 0.3) is 0 Å². The minimum Gasteiger partial charge on any atom is -0.490 e. The molecule has 0 aliphatic carbocycles. The first-order valence-corrected chi connectivity index (χ1v) is 8.69. The van der Waals surface area contributed by atoms with E-state index in [1.807, 2.05) is 26.0 Å². The molecule has 146 valence electrons. The highest BCUT2D eigenvalue weighted by atomic mass is 19.4. The zero-order valence-electron chi connectivity index (χ0n) is 15.2. The van der Waals surface area contributed by atoms with Crippen LogP contribution in [0.5, 0.6) is 11.5 Å². The summed E-state index contributed by atoms with van der Waals surface area (Å²) in [7, 11) is 0. The van der Waals surface area contributed by atoms with Gasteiger partial charge in [0.1, 0.15) is 0 Å². The Hall–Kier alpha value is -2.70. The highest BCUT2D eigenvalue weighted by Crippen LogP contribution is 2.32. The van der Waals surface area contributed by atoms with Crippen LogP contribution in [0.4, 0.5) is 13.2 Å². The van der Waals surface area contributed by atoms with Gasteiger partial charge in [-0.3, -0.25) is 4.79 Å². The molecular weight excluding hydrogens is 359 g/mol. The summed E-state index contributed by atoms with van der Waals surface area (Å²) in [6.07, 6.45) is -4.12. The summed E-state index contributed by atoms with van der Waals surface area (Å²) >= 11 is 0. The summed E-state index contributed by atoms with van der Waals surface area (Å²) in [5.74, 6) is 0.482. The van der Waals surface area contributed by atoms with Crippen molar-refractivity contribution in [2.45, 2.75) is 26.4 Å². The van der Waals surface area contributed by atoms with Crippen molar-refractivity contribution in [3.05, 3.63) is 59.2 Å². The first-order valence-electron chi connectivity index (χ1n) is 8.69. The lowest BCUT2D eigenvalue weighted by atomic mass is 10.1. The molecule has 0 radical (unpaired) electrons. The average molecular weight is 381 g/mol. The minimum atomic E-state index is -4.57. The van der Waals surface area contributed by atoms with E-state index in [-0.39, 0.29) is 12.1 Å². The smallest absolute Gasteiger partial charge is 0.417 e. The molecule has 7 heteroatoms. The van der Waals surface area contributed by atoms with E-state index in [1.54, 1.807) is 6.07 Å². The summed E-state index contributed by atoms with van der Waals surface area (Å²) in [5.41, 5.74) is -0.444. The van der Waals surface area contributed by atoms with Crippen LogP contribution in [0, 0.1) is 0 Å². The van der Waals surface area contributed by atoms with Crippen molar-refractivity contribution in [1.29, 1.82) is 0 Å². The van der Waals surface area contributed by atoms with E-state index in [0.717, 1.165) is 11.6 Å². The van der Waals surface area contributed by atoms with E-state index in [1.165, 1.54) is 18.2 Å². The first kappa shape index (κ1) is 20.6. The van der Waals surface area contributed by atoms with E-state index >= 15 is 0 Å². The van der Waals surface area contributed by atoms with Crippen LogP contribution >= 0.6 is 0 Å². The van der Waals surface area contributed by atoms with E-state index in [0.29, 0.717) is 31.1 Å². The molecule has 0 aliphatic heterocycles. The molecule has 2 aromatic rings. The Morgan fingerprint density at radius 3 is 2.33 bits per heavy atom. The number of rotatable bonds is 8. The second kappa shape index (κ2) is 9.30. The normalized spacial score (nSPS) is 11.1. The molecule has 1 amide bonds. The lowest BCUT2D eigenvalue weighted by Crippen LogP contribution is -2.28. The summed E-state index contributed by atoms with van der Waals surface area (Å²) in [6, 6.07) is 10.2. The van der Waals surface area contributed by atoms with Gasteiger partial charge >= 0.3 is 6.18 Å². The highest BCUT2D eigenvalue weighted by molar-refractivity contribution is 5.95. The monoisotopic (exact) mass is 381 g/mol. The van der Waals surface area contributed by atoms with E-state index in [2.05, 4.69) is 5.32 Å². The second-order valence-electron chi connectivity index (χ2n) is 5.70. The van der Waals surface area contributed by atoms with Gasteiger partial charge in [-0.25, -0.2) is 0 Å². The third kappa shape index (κ3) is 5.64. The molecule has 27 heavy (non-hydrogen) atoms. The molecule has 0 saturated carbocycles. The first-order chi connectivity index (χ1) is 12.9. The van der Waals surface area contributed by atoms with Crippen LogP contribution in [0.3, 0.4) is 0 Å². The number of carbonyl (C=O) groups excluding carboxylic acids is 1. The van der Waals surface area contributed by atoms with Crippen molar-refractivity contribution < 1.29 is 27.4 Å². The van der Waals surface area contributed by atoms with Gasteiger partial charge in [0.05, 0.1) is 24.3 Å². The largest absolute Gasteiger partial charge is 0.490 e. The standard InChI is InChI=1S/C20H22F3NO3/c1-3-26-17-10-9-14(13-18(17)27-4-2)11-12-24-19(25)15-7-5-6-8-16(15)20(21,22)23/h5-10,13H,3-4,11-12H2,1-2H3,(H,24,25). The van der Waals surface area contributed by atoms with Crippen LogP contribution in [0.1, 0.15) is 35.3 Å². The number of alkyl halides is 3. The number of carbonyl (C=O) groups is 1. The molecule has 0 aliphatic rings. The fraction of sp³-hybridized carbons (Fsp3) is 0.350. The summed E-state index contributed by atoms with van der Waals surface area (Å²) < 4.78 is 50.1. The van der Waals surface area contributed by atoms with Gasteiger partial charge in [-0.15, -0.1) is 0 Å². The third-order valence-corrected chi connectivity index (χ3v) is 3.78. The third-order valence-electron chi connectivity index (χ3n) is 3.78. The molecule has 2 aromatic carbocycles. The van der Waals surface area contributed by atoms with Crippen molar-refractivity contribution in [2.75, 3.05) is 19.8 Å². The maximum atomic E-state index is 13.0. The quantitative estimate of drug-likeness (QED) is 0.734. The number of ether oxygens (including phenoxy) is 2. The Bertz CT molecular complexity index is 775. The molecule has 1 N–H and O–H groups in total. The number of nitrogens with one attached hydrogen (secondary N) is 1. The highest BCUT2D eigenvalue weighted by Gasteiger charge is 2.34. The van der Waals surface area contributed by atoms with Crippen LogP contribution in [0.15, 0.2) is 42.5 Å². The predicted octanol–water partition coefficient (Wildman–Crippen LogP) is 4.48. The Morgan fingerprint density at radius 1 is 1.00 bits per heavy atom. The Labute approximate surface area is 156 Å². The molecule has 2 rings (SSSR count). The van der Waals surface area contributed by atoms with Gasteiger partial charge in [0.15, 0.2) is 11.5 Å². The Kier molecular flexibility index (Phi) is 7.10. The molecule has 0 bridgehead atoms. The summed E-state index contributed by atoms with van der Waals surface area (Å²) in [6.45, 7) is 4.92. The molecule has 0 unspecified atom stereocenters. The van der Waals surface area contributed by atoms with Gasteiger partial charge < -0.3 is 14.8 Å². The maximum absolute atomic E-state index is 13.0. The maximum Gasteiger partial charge on any atom is 0.417 e. The molecule has 4 nitrogen and oxygen atoms in total. The van der Waals surface area contributed by atoms with Crippen molar-refractivity contribution in [1.82, 2.24) is 5.32 Å². The topological polar surface area (TPSA) is 47.6 Å². The summed E-state index contributed by atoms with van der Waals surface area (Å²) in [4.78, 5) is 12.2. The number of amides is 1. The molecule has 0 atom stereocenters. The van der Waals surface area contributed by atoms with Crippen molar-refractivity contribution in [2.24, 2.45) is 0 Å². The molecular formula is C20H22F3NO3. The lowest BCUT2D eigenvalue weighted by Gasteiger charge is -2.14. The fourth-order valence-corrected chi connectivity index (χ4v) is 2.59. The molecule has 0 saturated heterocycles. The number of hydrogen-bond acceptors (Lipinski definition) is 3. The fourth-order valence-electron chi connectivity index (χ4n) is 2.59. The van der Waals surface area contributed by atoms with Gasteiger partial charge in [-0.1, -0.05) is 18.2 Å². The summed E-state index contributed by atoms with van der Waals surface area (Å²) in [5, 5.41) is 2.54. The van der Waals surface area contributed by atoms with E-state index < -0.39 is 17.6 Å². The van der Waals surface area contributed by atoms with E-state index in [9.17, 15) is 18.0 Å². The van der Waals surface area contributed by atoms with Crippen molar-refractivity contribution >= 4 is 5.91 Å². The van der Waals surface area contributed by atoms with Crippen LogP contribution < -0.4 is 14.8 Å². The zero-order chi connectivity index (χ0) is 19.9. The SMILES string of the molecule is CCOc1ccc(CCNC(=O)c2ccccc2C(F)(F)F)cc1OCC. The van der Waals surface area contributed by atoms with E-state index in [4.69, 9.17) is 9.47 Å². The number of halogens is 3. The average Bonchev–Trinajstić information content (AvgIpc) is 2.63. The lowest BCUT2D eigenvalue weighted by molar-refractivity contribution is -0.137. The van der Waals surface area contributed by atoms with Gasteiger partial charge in [0, 0.05) is 6.54 Å². The number of benzene rings is 2. The van der Waals surface area contributed by atoms with Gasteiger partial charge in [0.2, 0.25) is 0 Å². The molecule has 0 fully saturated rings. The van der Waals surface area contributed by atoms with Gasteiger partial charge in [-0.2, -0.15) is 13.2 Å². The molecule has 0 heterocycles. The number of hydrogen-bond donors (Lipinski definition) is 1.